The molecule has 0 spiro atoms. The van der Waals surface area contributed by atoms with Crippen LogP contribution in [0.15, 0.2) is 76.3 Å². The molecule has 0 heterocycles. The van der Waals surface area contributed by atoms with Gasteiger partial charge in [0.15, 0.2) is 0 Å². The van der Waals surface area contributed by atoms with Crippen LogP contribution in [0.25, 0.3) is 0 Å². The van der Waals surface area contributed by atoms with Crippen LogP contribution in [0.4, 0.5) is 5.69 Å². The lowest BCUT2D eigenvalue weighted by atomic mass is 10.1. The normalized spacial score (nSPS) is 11.3. The monoisotopic (exact) mass is 577 g/mol. The van der Waals surface area contributed by atoms with Crippen molar-refractivity contribution in [3.05, 3.63) is 99.0 Å². The summed E-state index contributed by atoms with van der Waals surface area (Å²) in [6.45, 7) is 11.3. The van der Waals surface area contributed by atoms with E-state index in [-0.39, 0.29) is 5.91 Å². The van der Waals surface area contributed by atoms with E-state index < -0.39 is 5.91 Å². The van der Waals surface area contributed by atoms with Crippen molar-refractivity contribution >= 4 is 39.6 Å². The summed E-state index contributed by atoms with van der Waals surface area (Å²) in [6, 6.07) is 20.5. The predicted molar refractivity (Wildman–Crippen MR) is 159 cm³/mol. The Morgan fingerprint density at radius 1 is 0.947 bits per heavy atom. The Balaban J connectivity index is 1.62. The third kappa shape index (κ3) is 8.90. The van der Waals surface area contributed by atoms with Gasteiger partial charge in [0.1, 0.15) is 0 Å². The van der Waals surface area contributed by atoms with E-state index in [4.69, 9.17) is 0 Å². The van der Waals surface area contributed by atoms with Gasteiger partial charge in [-0.3, -0.25) is 9.59 Å². The molecule has 200 valence electrons. The number of hydrogen-bond donors (Lipinski definition) is 2. The average molecular weight is 579 g/mol. The number of aryl methyl sites for hydroxylation is 1. The maximum absolute atomic E-state index is 13.0. The molecule has 2 N–H and O–H groups in total. The molecular weight excluding hydrogens is 542 g/mol. The van der Waals surface area contributed by atoms with Crippen molar-refractivity contribution in [1.29, 1.82) is 0 Å². The summed E-state index contributed by atoms with van der Waals surface area (Å²) in [5, 5.41) is 6.94. The summed E-state index contributed by atoms with van der Waals surface area (Å²) < 4.78 is 0.720. The smallest absolute Gasteiger partial charge is 0.273 e. The van der Waals surface area contributed by atoms with Gasteiger partial charge in [-0.25, -0.2) is 5.43 Å². The van der Waals surface area contributed by atoms with Gasteiger partial charge < -0.3 is 15.1 Å². The summed E-state index contributed by atoms with van der Waals surface area (Å²) >= 11 is 3.41. The molecule has 3 aromatic rings. The van der Waals surface area contributed by atoms with Gasteiger partial charge in [-0.2, -0.15) is 5.10 Å². The Morgan fingerprint density at radius 2 is 1.68 bits per heavy atom. The molecule has 38 heavy (non-hydrogen) atoms. The average Bonchev–Trinajstić information content (AvgIpc) is 2.90. The second kappa shape index (κ2) is 14.6. The fraction of sp³-hybridized carbons (Fsp3) is 0.300. The van der Waals surface area contributed by atoms with Crippen molar-refractivity contribution in [2.24, 2.45) is 5.10 Å². The summed E-state index contributed by atoms with van der Waals surface area (Å²) in [6.07, 6.45) is 1.59. The largest absolute Gasteiger partial charge is 0.321 e. The zero-order valence-electron chi connectivity index (χ0n) is 22.5. The Bertz CT molecular complexity index is 1260. The topological polar surface area (TPSA) is 77.0 Å². The Morgan fingerprint density at radius 3 is 2.37 bits per heavy atom. The lowest BCUT2D eigenvalue weighted by Gasteiger charge is -2.23. The van der Waals surface area contributed by atoms with E-state index in [1.54, 1.807) is 24.4 Å². The maximum atomic E-state index is 13.0. The van der Waals surface area contributed by atoms with E-state index in [0.29, 0.717) is 16.8 Å². The number of hydrogen-bond acceptors (Lipinski definition) is 5. The van der Waals surface area contributed by atoms with Gasteiger partial charge in [-0.15, -0.1) is 0 Å². The first-order chi connectivity index (χ1) is 18.3. The summed E-state index contributed by atoms with van der Waals surface area (Å²) in [4.78, 5) is 30.5. The molecule has 0 fully saturated rings. The van der Waals surface area contributed by atoms with Gasteiger partial charge in [-0.05, 0) is 68.5 Å². The zero-order valence-corrected chi connectivity index (χ0v) is 24.1. The van der Waals surface area contributed by atoms with Crippen LogP contribution in [-0.2, 0) is 6.54 Å². The Labute approximate surface area is 234 Å². The minimum atomic E-state index is -0.423. The first-order valence-corrected chi connectivity index (χ1v) is 13.6. The molecule has 3 aromatic carbocycles. The van der Waals surface area contributed by atoms with Crippen LogP contribution in [0.3, 0.4) is 0 Å². The van der Waals surface area contributed by atoms with Crippen molar-refractivity contribution in [2.45, 2.75) is 27.3 Å². The number of likely N-dealkylation sites (N-methyl/N-ethyl adjacent to an activating group) is 2. The first kappa shape index (κ1) is 29.2. The van der Waals surface area contributed by atoms with Crippen LogP contribution in [0.5, 0.6) is 0 Å². The molecule has 0 saturated heterocycles. The summed E-state index contributed by atoms with van der Waals surface area (Å²) in [5.74, 6) is -0.709. The van der Waals surface area contributed by atoms with E-state index in [2.05, 4.69) is 62.5 Å². The molecule has 0 saturated carbocycles. The minimum absolute atomic E-state index is 0.286. The number of hydrazone groups is 1. The van der Waals surface area contributed by atoms with E-state index >= 15 is 0 Å². The van der Waals surface area contributed by atoms with Gasteiger partial charge in [0.25, 0.3) is 11.8 Å². The highest BCUT2D eigenvalue weighted by molar-refractivity contribution is 9.10. The second-order valence-corrected chi connectivity index (χ2v) is 10.1. The third-order valence-corrected chi connectivity index (χ3v) is 6.75. The fourth-order valence-electron chi connectivity index (χ4n) is 3.99. The highest BCUT2D eigenvalue weighted by Gasteiger charge is 2.15. The molecule has 2 amide bonds. The SMILES string of the molecule is CCN(CC)CCN(C)Cc1ccc(C(=O)Nc2ccc(Br)cc2C(=O)N/N=C/c2cccc(C)c2)cc1. The van der Waals surface area contributed by atoms with Gasteiger partial charge in [0.05, 0.1) is 17.5 Å². The lowest BCUT2D eigenvalue weighted by molar-refractivity contribution is 0.0956. The predicted octanol–water partition coefficient (Wildman–Crippen LogP) is 5.55. The highest BCUT2D eigenvalue weighted by atomic mass is 79.9. The number of carbonyl (C=O) groups excluding carboxylic acids is 2. The molecule has 0 aromatic heterocycles. The number of anilines is 1. The number of amides is 2. The number of nitrogens with one attached hydrogen (secondary N) is 2. The van der Waals surface area contributed by atoms with Crippen molar-refractivity contribution < 1.29 is 9.59 Å². The fourth-order valence-corrected chi connectivity index (χ4v) is 4.35. The maximum Gasteiger partial charge on any atom is 0.273 e. The molecule has 3 rings (SSSR count). The van der Waals surface area contributed by atoms with Crippen LogP contribution in [0.2, 0.25) is 0 Å². The van der Waals surface area contributed by atoms with Gasteiger partial charge >= 0.3 is 0 Å². The van der Waals surface area contributed by atoms with E-state index in [1.807, 2.05) is 55.5 Å². The molecule has 0 bridgehead atoms. The number of rotatable bonds is 12. The number of benzene rings is 3. The Kier molecular flexibility index (Phi) is 11.2. The second-order valence-electron chi connectivity index (χ2n) is 9.22. The van der Waals surface area contributed by atoms with Crippen LogP contribution in [0, 0.1) is 6.92 Å². The van der Waals surface area contributed by atoms with E-state index in [1.165, 1.54) is 0 Å². The quantitative estimate of drug-likeness (QED) is 0.218. The van der Waals surface area contributed by atoms with E-state index in [9.17, 15) is 9.59 Å². The van der Waals surface area contributed by atoms with Crippen molar-refractivity contribution in [3.63, 3.8) is 0 Å². The van der Waals surface area contributed by atoms with Crippen LogP contribution >= 0.6 is 15.9 Å². The lowest BCUT2D eigenvalue weighted by Crippen LogP contribution is -2.32. The van der Waals surface area contributed by atoms with Crippen molar-refractivity contribution in [2.75, 3.05) is 38.5 Å². The number of nitrogens with zero attached hydrogens (tertiary/aromatic N) is 3. The third-order valence-electron chi connectivity index (χ3n) is 6.26. The van der Waals surface area contributed by atoms with Crippen LogP contribution in [-0.4, -0.2) is 61.1 Å². The molecule has 0 aliphatic heterocycles. The van der Waals surface area contributed by atoms with Crippen LogP contribution in [0.1, 0.15) is 51.3 Å². The first-order valence-electron chi connectivity index (χ1n) is 12.8. The van der Waals surface area contributed by atoms with Crippen molar-refractivity contribution in [3.8, 4) is 0 Å². The van der Waals surface area contributed by atoms with Gasteiger partial charge in [0.2, 0.25) is 0 Å². The Hall–Kier alpha value is -3.33. The zero-order chi connectivity index (χ0) is 27.5. The molecule has 0 unspecified atom stereocenters. The molecule has 7 nitrogen and oxygen atoms in total. The standard InChI is InChI=1S/C30H36BrN5O2/c1-5-36(6-2)17-16-35(4)21-23-10-12-25(13-11-23)29(37)33-28-15-14-26(31)19-27(28)30(38)34-32-20-24-9-7-8-22(3)18-24/h7-15,18-20H,5-6,16-17,21H2,1-4H3,(H,33,37)(H,34,38)/b32-20+. The number of carbonyl (C=O) groups is 2. The molecule has 8 heteroatoms. The number of halogens is 1. The minimum Gasteiger partial charge on any atom is -0.321 e. The summed E-state index contributed by atoms with van der Waals surface area (Å²) in [5.41, 5.74) is 6.90. The van der Waals surface area contributed by atoms with E-state index in [0.717, 1.165) is 53.9 Å². The molecular formula is C30H36BrN5O2. The molecule has 0 aliphatic rings. The summed E-state index contributed by atoms with van der Waals surface area (Å²) in [7, 11) is 2.11. The molecule has 0 radical (unpaired) electrons. The van der Waals surface area contributed by atoms with Crippen molar-refractivity contribution in [1.82, 2.24) is 15.2 Å². The van der Waals surface area contributed by atoms with Crippen LogP contribution < -0.4 is 10.7 Å². The highest BCUT2D eigenvalue weighted by Crippen LogP contribution is 2.22. The molecule has 0 aliphatic carbocycles. The van der Waals surface area contributed by atoms with Gasteiger partial charge in [-0.1, -0.05) is 71.7 Å². The molecule has 0 atom stereocenters. The van der Waals surface area contributed by atoms with Gasteiger partial charge in [0, 0.05) is 29.7 Å².